The molecule has 3 N–H and O–H groups in total. The number of anilines is 1. The molecule has 0 aromatic heterocycles. The lowest BCUT2D eigenvalue weighted by Crippen LogP contribution is -2.50. The van der Waals surface area contributed by atoms with Crippen molar-refractivity contribution in [2.24, 2.45) is 0 Å². The molecule has 1 rings (SSSR count). The zero-order valence-electron chi connectivity index (χ0n) is 12.9. The Hall–Kier alpha value is -1.44. The summed E-state index contributed by atoms with van der Waals surface area (Å²) in [6.07, 6.45) is 1.11. The molecule has 0 radical (unpaired) electrons. The standard InChI is InChI=1S/C14H23N3O3S/c1-11-5-7-12(8-6-11)16-13(18)9-15-10-14(2,3)17-21(4,19)20/h5-8,15,17H,9-10H2,1-4H3,(H,16,18). The zero-order valence-corrected chi connectivity index (χ0v) is 13.7. The molecule has 0 heterocycles. The van der Waals surface area contributed by atoms with Crippen LogP contribution in [0.15, 0.2) is 24.3 Å². The topological polar surface area (TPSA) is 87.3 Å². The van der Waals surface area contributed by atoms with Gasteiger partial charge < -0.3 is 10.6 Å². The average Bonchev–Trinajstić information content (AvgIpc) is 2.28. The molecule has 1 aromatic rings. The molecule has 0 unspecified atom stereocenters. The van der Waals surface area contributed by atoms with Crippen LogP contribution in [0.3, 0.4) is 0 Å². The lowest BCUT2D eigenvalue weighted by molar-refractivity contribution is -0.115. The molecule has 0 aliphatic carbocycles. The maximum atomic E-state index is 11.8. The Bertz CT molecular complexity index is 580. The fourth-order valence-electron chi connectivity index (χ4n) is 1.87. The van der Waals surface area contributed by atoms with Gasteiger partial charge >= 0.3 is 0 Å². The number of sulfonamides is 1. The summed E-state index contributed by atoms with van der Waals surface area (Å²) < 4.78 is 24.9. The quantitative estimate of drug-likeness (QED) is 0.696. The number of rotatable bonds is 7. The van der Waals surface area contributed by atoms with Gasteiger partial charge in [0.25, 0.3) is 0 Å². The van der Waals surface area contributed by atoms with Crippen molar-refractivity contribution < 1.29 is 13.2 Å². The molecule has 0 saturated carbocycles. The van der Waals surface area contributed by atoms with Crippen LogP contribution in [-0.4, -0.2) is 39.2 Å². The Balaban J connectivity index is 2.38. The SMILES string of the molecule is Cc1ccc(NC(=O)CNCC(C)(C)NS(C)(=O)=O)cc1. The Labute approximate surface area is 126 Å². The van der Waals surface area contributed by atoms with Crippen LogP contribution in [0.4, 0.5) is 5.69 Å². The van der Waals surface area contributed by atoms with Gasteiger partial charge in [-0.15, -0.1) is 0 Å². The van der Waals surface area contributed by atoms with Gasteiger partial charge in [0.15, 0.2) is 0 Å². The molecular weight excluding hydrogens is 290 g/mol. The molecule has 1 aromatic carbocycles. The lowest BCUT2D eigenvalue weighted by atomic mass is 10.1. The highest BCUT2D eigenvalue weighted by Crippen LogP contribution is 2.08. The van der Waals surface area contributed by atoms with Crippen LogP contribution in [0.25, 0.3) is 0 Å². The molecule has 0 aliphatic heterocycles. The highest BCUT2D eigenvalue weighted by molar-refractivity contribution is 7.88. The minimum absolute atomic E-state index is 0.114. The van der Waals surface area contributed by atoms with E-state index in [0.717, 1.165) is 17.5 Å². The van der Waals surface area contributed by atoms with E-state index < -0.39 is 15.6 Å². The number of aryl methyl sites for hydroxylation is 1. The third kappa shape index (κ3) is 7.79. The predicted molar refractivity (Wildman–Crippen MR) is 84.7 cm³/mol. The molecule has 0 spiro atoms. The van der Waals surface area contributed by atoms with Gasteiger partial charge in [-0.1, -0.05) is 17.7 Å². The first kappa shape index (κ1) is 17.6. The largest absolute Gasteiger partial charge is 0.325 e. The average molecular weight is 313 g/mol. The minimum atomic E-state index is -3.28. The molecule has 6 nitrogen and oxygen atoms in total. The molecule has 1 amide bonds. The number of carbonyl (C=O) groups excluding carboxylic acids is 1. The van der Waals surface area contributed by atoms with Gasteiger partial charge in [0, 0.05) is 17.8 Å². The first-order valence-corrected chi connectivity index (χ1v) is 8.53. The molecule has 0 saturated heterocycles. The van der Waals surface area contributed by atoms with Crippen molar-refractivity contribution in [2.45, 2.75) is 26.3 Å². The maximum Gasteiger partial charge on any atom is 0.238 e. The van der Waals surface area contributed by atoms with Gasteiger partial charge in [-0.25, -0.2) is 13.1 Å². The van der Waals surface area contributed by atoms with E-state index in [0.29, 0.717) is 6.54 Å². The zero-order chi connectivity index (χ0) is 16.1. The summed E-state index contributed by atoms with van der Waals surface area (Å²) in [6.45, 7) is 5.94. The fraction of sp³-hybridized carbons (Fsp3) is 0.500. The number of benzene rings is 1. The highest BCUT2D eigenvalue weighted by Gasteiger charge is 2.21. The Morgan fingerprint density at radius 1 is 1.19 bits per heavy atom. The van der Waals surface area contributed by atoms with E-state index in [1.807, 2.05) is 31.2 Å². The molecule has 118 valence electrons. The highest BCUT2D eigenvalue weighted by atomic mass is 32.2. The van der Waals surface area contributed by atoms with Crippen molar-refractivity contribution in [1.82, 2.24) is 10.0 Å². The molecule has 0 aliphatic rings. The monoisotopic (exact) mass is 313 g/mol. The molecule has 21 heavy (non-hydrogen) atoms. The minimum Gasteiger partial charge on any atom is -0.325 e. The molecule has 0 bridgehead atoms. The number of carbonyl (C=O) groups is 1. The van der Waals surface area contributed by atoms with Gasteiger partial charge in [-0.2, -0.15) is 0 Å². The summed E-state index contributed by atoms with van der Waals surface area (Å²) in [5.74, 6) is -0.172. The number of amides is 1. The third-order valence-electron chi connectivity index (χ3n) is 2.65. The van der Waals surface area contributed by atoms with Gasteiger partial charge in [0.1, 0.15) is 0 Å². The molecule has 0 fully saturated rings. The van der Waals surface area contributed by atoms with Crippen LogP contribution < -0.4 is 15.4 Å². The van der Waals surface area contributed by atoms with Gasteiger partial charge in [0.2, 0.25) is 15.9 Å². The van der Waals surface area contributed by atoms with Crippen LogP contribution in [0, 0.1) is 6.92 Å². The lowest BCUT2D eigenvalue weighted by Gasteiger charge is -2.25. The summed E-state index contributed by atoms with van der Waals surface area (Å²) >= 11 is 0. The summed E-state index contributed by atoms with van der Waals surface area (Å²) in [5, 5.41) is 5.70. The van der Waals surface area contributed by atoms with Crippen LogP contribution in [0.2, 0.25) is 0 Å². The Morgan fingerprint density at radius 3 is 2.29 bits per heavy atom. The van der Waals surface area contributed by atoms with Crippen molar-refractivity contribution in [2.75, 3.05) is 24.7 Å². The second-order valence-corrected chi connectivity index (χ2v) is 7.52. The number of hydrogen-bond acceptors (Lipinski definition) is 4. The summed E-state index contributed by atoms with van der Waals surface area (Å²) in [7, 11) is -3.28. The summed E-state index contributed by atoms with van der Waals surface area (Å²) in [6, 6.07) is 7.51. The second-order valence-electron chi connectivity index (χ2n) is 5.78. The summed E-state index contributed by atoms with van der Waals surface area (Å²) in [5.41, 5.74) is 1.21. The fourth-order valence-corrected chi connectivity index (χ4v) is 2.94. The number of nitrogens with one attached hydrogen (secondary N) is 3. The van der Waals surface area contributed by atoms with Gasteiger partial charge in [-0.05, 0) is 32.9 Å². The Kier molecular flexibility index (Phi) is 5.88. The molecular formula is C14H23N3O3S. The normalized spacial score (nSPS) is 12.2. The van der Waals surface area contributed by atoms with Gasteiger partial charge in [0.05, 0.1) is 12.8 Å². The van der Waals surface area contributed by atoms with Crippen molar-refractivity contribution in [1.29, 1.82) is 0 Å². The predicted octanol–water partition coefficient (Wildman–Crippen LogP) is 0.851. The Morgan fingerprint density at radius 2 is 1.76 bits per heavy atom. The van der Waals surface area contributed by atoms with Gasteiger partial charge in [-0.3, -0.25) is 4.79 Å². The van der Waals surface area contributed by atoms with Crippen molar-refractivity contribution in [3.63, 3.8) is 0 Å². The van der Waals surface area contributed by atoms with E-state index in [1.54, 1.807) is 13.8 Å². The van der Waals surface area contributed by atoms with Crippen LogP contribution in [0.5, 0.6) is 0 Å². The molecule has 0 atom stereocenters. The van der Waals surface area contributed by atoms with E-state index in [1.165, 1.54) is 0 Å². The number of hydrogen-bond donors (Lipinski definition) is 3. The molecule has 7 heteroatoms. The smallest absolute Gasteiger partial charge is 0.238 e. The van der Waals surface area contributed by atoms with Crippen LogP contribution >= 0.6 is 0 Å². The third-order valence-corrected chi connectivity index (χ3v) is 3.57. The maximum absolute atomic E-state index is 11.8. The van der Waals surface area contributed by atoms with E-state index in [9.17, 15) is 13.2 Å². The van der Waals surface area contributed by atoms with E-state index >= 15 is 0 Å². The van der Waals surface area contributed by atoms with E-state index in [2.05, 4.69) is 15.4 Å². The van der Waals surface area contributed by atoms with Crippen molar-refractivity contribution in [3.8, 4) is 0 Å². The van der Waals surface area contributed by atoms with E-state index in [4.69, 9.17) is 0 Å². The first-order valence-electron chi connectivity index (χ1n) is 6.64. The van der Waals surface area contributed by atoms with E-state index in [-0.39, 0.29) is 12.5 Å². The van der Waals surface area contributed by atoms with Crippen molar-refractivity contribution in [3.05, 3.63) is 29.8 Å². The van der Waals surface area contributed by atoms with Crippen molar-refractivity contribution >= 4 is 21.6 Å². The van der Waals surface area contributed by atoms with Crippen LogP contribution in [-0.2, 0) is 14.8 Å². The summed E-state index contributed by atoms with van der Waals surface area (Å²) in [4.78, 5) is 11.8. The first-order chi connectivity index (χ1) is 9.57. The second kappa shape index (κ2) is 7.02. The van der Waals surface area contributed by atoms with Crippen LogP contribution in [0.1, 0.15) is 19.4 Å².